The van der Waals surface area contributed by atoms with E-state index in [1.165, 1.54) is 0 Å². The molecule has 0 aliphatic carbocycles. The molecular weight excluding hydrogens is 202 g/mol. The Morgan fingerprint density at radius 2 is 2.00 bits per heavy atom. The number of halogens is 2. The largest absolute Gasteiger partial charge is 0.308 e. The lowest BCUT2D eigenvalue weighted by Gasteiger charge is -2.06. The summed E-state index contributed by atoms with van der Waals surface area (Å²) in [7, 11) is 0. The number of hydrogen-bond acceptors (Lipinski definition) is 4. The van der Waals surface area contributed by atoms with Crippen LogP contribution in [0.15, 0.2) is 12.1 Å². The van der Waals surface area contributed by atoms with Gasteiger partial charge in [-0.05, 0) is 13.0 Å². The summed E-state index contributed by atoms with van der Waals surface area (Å²) in [6.45, 7) is 1.60. The van der Waals surface area contributed by atoms with Gasteiger partial charge in [0.1, 0.15) is 17.2 Å². The molecule has 0 bridgehead atoms. The summed E-state index contributed by atoms with van der Waals surface area (Å²) in [6.07, 6.45) is 0. The van der Waals surface area contributed by atoms with E-state index in [1.54, 1.807) is 6.92 Å². The Morgan fingerprint density at radius 1 is 1.27 bits per heavy atom. The smallest absolute Gasteiger partial charge is 0.152 e. The van der Waals surface area contributed by atoms with Gasteiger partial charge in [0, 0.05) is 11.5 Å². The lowest BCUT2D eigenvalue weighted by molar-refractivity contribution is 0.590. The zero-order valence-corrected chi connectivity index (χ0v) is 7.88. The molecular formula is C9H8F2N4. The van der Waals surface area contributed by atoms with Crippen molar-refractivity contribution in [3.8, 4) is 0 Å². The quantitative estimate of drug-likeness (QED) is 0.553. The molecule has 0 spiro atoms. The van der Waals surface area contributed by atoms with Crippen LogP contribution in [0.25, 0.3) is 10.9 Å². The Kier molecular flexibility index (Phi) is 2.20. The van der Waals surface area contributed by atoms with Crippen LogP contribution in [-0.2, 0) is 0 Å². The van der Waals surface area contributed by atoms with Crippen molar-refractivity contribution in [2.75, 3.05) is 5.43 Å². The van der Waals surface area contributed by atoms with Crippen molar-refractivity contribution in [1.29, 1.82) is 0 Å². The van der Waals surface area contributed by atoms with Gasteiger partial charge in [-0.2, -0.15) is 0 Å². The van der Waals surface area contributed by atoms with Crippen LogP contribution in [0.2, 0.25) is 0 Å². The Balaban J connectivity index is 2.89. The van der Waals surface area contributed by atoms with Crippen LogP contribution >= 0.6 is 0 Å². The Hall–Kier alpha value is -1.82. The highest BCUT2D eigenvalue weighted by atomic mass is 19.1. The SMILES string of the molecule is Cc1nc(NN)c2cc(F)cc(F)c2n1. The van der Waals surface area contributed by atoms with Gasteiger partial charge in [0.05, 0.1) is 0 Å². The number of benzene rings is 1. The maximum Gasteiger partial charge on any atom is 0.152 e. The summed E-state index contributed by atoms with van der Waals surface area (Å²) < 4.78 is 26.3. The topological polar surface area (TPSA) is 63.8 Å². The van der Waals surface area contributed by atoms with Gasteiger partial charge in [-0.3, -0.25) is 0 Å². The van der Waals surface area contributed by atoms with Gasteiger partial charge in [-0.1, -0.05) is 0 Å². The molecule has 0 amide bonds. The van der Waals surface area contributed by atoms with Crippen LogP contribution in [0.1, 0.15) is 5.82 Å². The van der Waals surface area contributed by atoms with E-state index < -0.39 is 11.6 Å². The lowest BCUT2D eigenvalue weighted by Crippen LogP contribution is -2.10. The van der Waals surface area contributed by atoms with Crippen LogP contribution in [0.4, 0.5) is 14.6 Å². The van der Waals surface area contributed by atoms with E-state index >= 15 is 0 Å². The molecule has 2 aromatic rings. The van der Waals surface area contributed by atoms with Crippen LogP contribution < -0.4 is 11.3 Å². The molecule has 0 aliphatic heterocycles. The van der Waals surface area contributed by atoms with Gasteiger partial charge in [-0.25, -0.2) is 24.6 Å². The Bertz CT molecular complexity index is 527. The van der Waals surface area contributed by atoms with E-state index in [1.807, 2.05) is 0 Å². The maximum absolute atomic E-state index is 13.3. The number of aryl methyl sites for hydroxylation is 1. The van der Waals surface area contributed by atoms with Crippen LogP contribution in [0, 0.1) is 18.6 Å². The number of aromatic nitrogens is 2. The fraction of sp³-hybridized carbons (Fsp3) is 0.111. The van der Waals surface area contributed by atoms with Gasteiger partial charge < -0.3 is 5.43 Å². The summed E-state index contributed by atoms with van der Waals surface area (Å²) in [5.74, 6) is 4.35. The van der Waals surface area contributed by atoms with Gasteiger partial charge in [0.2, 0.25) is 0 Å². The third kappa shape index (κ3) is 1.59. The van der Waals surface area contributed by atoms with Crippen LogP contribution in [-0.4, -0.2) is 9.97 Å². The summed E-state index contributed by atoms with van der Waals surface area (Å²) in [5.41, 5.74) is 2.33. The van der Waals surface area contributed by atoms with Crippen molar-refractivity contribution in [3.63, 3.8) is 0 Å². The van der Waals surface area contributed by atoms with Crippen molar-refractivity contribution >= 4 is 16.7 Å². The van der Waals surface area contributed by atoms with Crippen molar-refractivity contribution in [3.05, 3.63) is 29.6 Å². The predicted molar refractivity (Wildman–Crippen MR) is 52.0 cm³/mol. The van der Waals surface area contributed by atoms with E-state index in [-0.39, 0.29) is 16.7 Å². The van der Waals surface area contributed by atoms with E-state index in [2.05, 4.69) is 15.4 Å². The normalized spacial score (nSPS) is 10.7. The Labute approximate surface area is 84.1 Å². The van der Waals surface area contributed by atoms with Crippen molar-refractivity contribution in [2.24, 2.45) is 5.84 Å². The summed E-state index contributed by atoms with van der Waals surface area (Å²) >= 11 is 0. The van der Waals surface area contributed by atoms with E-state index in [4.69, 9.17) is 5.84 Å². The first-order valence-electron chi connectivity index (χ1n) is 4.22. The highest BCUT2D eigenvalue weighted by Crippen LogP contribution is 2.23. The monoisotopic (exact) mass is 210 g/mol. The minimum Gasteiger partial charge on any atom is -0.308 e. The summed E-state index contributed by atoms with van der Waals surface area (Å²) in [5, 5.41) is 0.223. The molecule has 0 aliphatic rings. The predicted octanol–water partition coefficient (Wildman–Crippen LogP) is 1.50. The van der Waals surface area contributed by atoms with E-state index in [0.717, 1.165) is 12.1 Å². The number of nitrogens with two attached hydrogens (primary N) is 1. The molecule has 1 aromatic carbocycles. The van der Waals surface area contributed by atoms with Gasteiger partial charge >= 0.3 is 0 Å². The lowest BCUT2D eigenvalue weighted by atomic mass is 10.2. The fourth-order valence-electron chi connectivity index (χ4n) is 1.38. The third-order valence-electron chi connectivity index (χ3n) is 1.97. The molecule has 15 heavy (non-hydrogen) atoms. The van der Waals surface area contributed by atoms with Gasteiger partial charge in [-0.15, -0.1) is 0 Å². The highest BCUT2D eigenvalue weighted by Gasteiger charge is 2.10. The first kappa shape index (κ1) is 9.72. The summed E-state index contributed by atoms with van der Waals surface area (Å²) in [6, 6.07) is 1.90. The van der Waals surface area contributed by atoms with Crippen LogP contribution in [0.3, 0.4) is 0 Å². The average molecular weight is 210 g/mol. The molecule has 3 N–H and O–H groups in total. The zero-order chi connectivity index (χ0) is 11.0. The summed E-state index contributed by atoms with van der Waals surface area (Å²) in [4.78, 5) is 7.80. The molecule has 1 aromatic heterocycles. The zero-order valence-electron chi connectivity index (χ0n) is 7.88. The standard InChI is InChI=1S/C9H8F2N4/c1-4-13-8-6(9(14-4)15-12)2-5(10)3-7(8)11/h2-3H,12H2,1H3,(H,13,14,15). The molecule has 2 rings (SSSR count). The second-order valence-corrected chi connectivity index (χ2v) is 3.05. The van der Waals surface area contributed by atoms with Gasteiger partial charge in [0.15, 0.2) is 11.6 Å². The first-order valence-corrected chi connectivity index (χ1v) is 4.22. The number of nitrogens with one attached hydrogen (secondary N) is 1. The average Bonchev–Trinajstić information content (AvgIpc) is 2.18. The molecule has 0 fully saturated rings. The van der Waals surface area contributed by atoms with Crippen molar-refractivity contribution < 1.29 is 8.78 Å². The second kappa shape index (κ2) is 3.39. The minimum absolute atomic E-state index is 0.0526. The second-order valence-electron chi connectivity index (χ2n) is 3.05. The van der Waals surface area contributed by atoms with Gasteiger partial charge in [0.25, 0.3) is 0 Å². The third-order valence-corrected chi connectivity index (χ3v) is 1.97. The minimum atomic E-state index is -0.730. The van der Waals surface area contributed by atoms with Crippen molar-refractivity contribution in [2.45, 2.75) is 6.92 Å². The molecule has 0 atom stereocenters. The molecule has 78 valence electrons. The fourth-order valence-corrected chi connectivity index (χ4v) is 1.38. The number of fused-ring (bicyclic) bond motifs is 1. The van der Waals surface area contributed by atoms with E-state index in [0.29, 0.717) is 5.82 Å². The van der Waals surface area contributed by atoms with Crippen molar-refractivity contribution in [1.82, 2.24) is 9.97 Å². The van der Waals surface area contributed by atoms with E-state index in [9.17, 15) is 8.78 Å². The number of anilines is 1. The van der Waals surface area contributed by atoms with Crippen LogP contribution in [0.5, 0.6) is 0 Å². The number of nitrogen functional groups attached to an aromatic ring is 1. The Morgan fingerprint density at radius 3 is 2.67 bits per heavy atom. The first-order chi connectivity index (χ1) is 7.11. The maximum atomic E-state index is 13.3. The molecule has 0 saturated carbocycles. The number of rotatable bonds is 1. The molecule has 4 nitrogen and oxygen atoms in total. The molecule has 6 heteroatoms. The highest BCUT2D eigenvalue weighted by molar-refractivity contribution is 5.89. The molecule has 0 unspecified atom stereocenters. The molecule has 0 saturated heterocycles. The molecule has 1 heterocycles. The number of hydrazine groups is 1. The number of hydrogen-bond donors (Lipinski definition) is 2. The molecule has 0 radical (unpaired) electrons. The number of nitrogens with zero attached hydrogens (tertiary/aromatic N) is 2.